The van der Waals surface area contributed by atoms with Gasteiger partial charge in [0.05, 0.1) is 11.8 Å². The van der Waals surface area contributed by atoms with Crippen LogP contribution in [-0.2, 0) is 0 Å². The number of nitrogens with two attached hydrogens (primary N) is 1. The van der Waals surface area contributed by atoms with Crippen LogP contribution in [0.4, 0.5) is 0 Å². The van der Waals surface area contributed by atoms with Gasteiger partial charge in [0, 0.05) is 6.20 Å². The summed E-state index contributed by atoms with van der Waals surface area (Å²) in [4.78, 5) is 14.6. The Hall–Kier alpha value is -2.04. The van der Waals surface area contributed by atoms with Gasteiger partial charge in [0.2, 0.25) is 11.8 Å². The number of aromatic hydroxyl groups is 1. The van der Waals surface area contributed by atoms with Gasteiger partial charge in [0.15, 0.2) is 0 Å². The van der Waals surface area contributed by atoms with E-state index in [2.05, 4.69) is 4.98 Å². The van der Waals surface area contributed by atoms with E-state index in [9.17, 15) is 4.79 Å². The fourth-order valence-electron chi connectivity index (χ4n) is 1.12. The molecule has 0 spiro atoms. The van der Waals surface area contributed by atoms with Crippen molar-refractivity contribution in [1.82, 2.24) is 9.38 Å². The second-order valence-electron chi connectivity index (χ2n) is 2.65. The van der Waals surface area contributed by atoms with Gasteiger partial charge in [0.25, 0.3) is 0 Å². The van der Waals surface area contributed by atoms with Crippen LogP contribution < -0.4 is 5.73 Å². The summed E-state index contributed by atoms with van der Waals surface area (Å²) in [7, 11) is 0. The summed E-state index contributed by atoms with van der Waals surface area (Å²) in [5.74, 6) is -0.586. The second-order valence-corrected chi connectivity index (χ2v) is 2.65. The minimum absolute atomic E-state index is 0.0818. The van der Waals surface area contributed by atoms with Crippen molar-refractivity contribution in [2.75, 3.05) is 0 Å². The molecule has 0 unspecified atom stereocenters. The molecule has 13 heavy (non-hydrogen) atoms. The van der Waals surface area contributed by atoms with Gasteiger partial charge in [-0.05, 0) is 12.1 Å². The average Bonchev–Trinajstić information content (AvgIpc) is 2.42. The van der Waals surface area contributed by atoms with Crippen LogP contribution in [-0.4, -0.2) is 20.4 Å². The number of carbonyl (C=O) groups excluding carboxylic acids is 1. The van der Waals surface area contributed by atoms with Gasteiger partial charge >= 0.3 is 0 Å². The SMILES string of the molecule is NC(=O)c1ccc2nc(O)cn2c1. The average molecular weight is 177 g/mol. The molecule has 5 nitrogen and oxygen atoms in total. The molecule has 0 bridgehead atoms. The second kappa shape index (κ2) is 2.48. The van der Waals surface area contributed by atoms with Gasteiger partial charge in [0.1, 0.15) is 5.65 Å². The number of pyridine rings is 1. The van der Waals surface area contributed by atoms with Crippen molar-refractivity contribution < 1.29 is 9.90 Å². The van der Waals surface area contributed by atoms with E-state index in [4.69, 9.17) is 10.8 Å². The molecule has 2 heterocycles. The highest BCUT2D eigenvalue weighted by Crippen LogP contribution is 2.10. The van der Waals surface area contributed by atoms with Crippen molar-refractivity contribution in [1.29, 1.82) is 0 Å². The lowest BCUT2D eigenvalue weighted by Crippen LogP contribution is -2.11. The van der Waals surface area contributed by atoms with Crippen molar-refractivity contribution in [3.63, 3.8) is 0 Å². The van der Waals surface area contributed by atoms with Crippen LogP contribution in [0.2, 0.25) is 0 Å². The molecule has 2 aromatic heterocycles. The van der Waals surface area contributed by atoms with Gasteiger partial charge in [-0.3, -0.25) is 4.79 Å². The number of hydrogen-bond acceptors (Lipinski definition) is 3. The summed E-state index contributed by atoms with van der Waals surface area (Å²) in [6.07, 6.45) is 2.92. The predicted octanol–water partition coefficient (Wildman–Crippen LogP) is 0.139. The molecule has 0 atom stereocenters. The third kappa shape index (κ3) is 1.20. The van der Waals surface area contributed by atoms with Crippen LogP contribution in [0.3, 0.4) is 0 Å². The van der Waals surface area contributed by atoms with E-state index in [1.807, 2.05) is 0 Å². The lowest BCUT2D eigenvalue weighted by atomic mass is 10.3. The van der Waals surface area contributed by atoms with E-state index in [1.54, 1.807) is 12.1 Å². The van der Waals surface area contributed by atoms with E-state index in [-0.39, 0.29) is 5.88 Å². The number of hydrogen-bond donors (Lipinski definition) is 2. The third-order valence-electron chi connectivity index (χ3n) is 1.72. The number of fused-ring (bicyclic) bond motifs is 1. The van der Waals surface area contributed by atoms with Gasteiger partial charge in [-0.1, -0.05) is 0 Å². The molecule has 0 aliphatic heterocycles. The largest absolute Gasteiger partial charge is 0.492 e. The Balaban J connectivity index is 2.67. The van der Waals surface area contributed by atoms with Gasteiger partial charge in [-0.25, -0.2) is 0 Å². The number of primary amides is 1. The van der Waals surface area contributed by atoms with Crippen LogP contribution in [0.5, 0.6) is 5.88 Å². The first kappa shape index (κ1) is 7.60. The van der Waals surface area contributed by atoms with E-state index in [1.165, 1.54) is 16.8 Å². The molecule has 0 aliphatic carbocycles. The summed E-state index contributed by atoms with van der Waals surface area (Å²) in [5.41, 5.74) is 6.03. The van der Waals surface area contributed by atoms with Crippen molar-refractivity contribution in [2.24, 2.45) is 5.73 Å². The Morgan fingerprint density at radius 2 is 2.23 bits per heavy atom. The molecule has 66 valence electrons. The van der Waals surface area contributed by atoms with Crippen molar-refractivity contribution >= 4 is 11.6 Å². The summed E-state index contributed by atoms with van der Waals surface area (Å²) < 4.78 is 1.54. The molecule has 3 N–H and O–H groups in total. The van der Waals surface area contributed by atoms with Crippen molar-refractivity contribution in [3.05, 3.63) is 30.1 Å². The molecule has 5 heteroatoms. The molecule has 2 aromatic rings. The van der Waals surface area contributed by atoms with Gasteiger partial charge in [-0.2, -0.15) is 4.98 Å². The number of carbonyl (C=O) groups is 1. The lowest BCUT2D eigenvalue weighted by molar-refractivity contribution is 0.1000. The zero-order chi connectivity index (χ0) is 9.42. The first-order chi connectivity index (χ1) is 6.16. The Labute approximate surface area is 73.4 Å². The Morgan fingerprint density at radius 3 is 2.92 bits per heavy atom. The molecule has 0 fully saturated rings. The molecule has 0 saturated carbocycles. The van der Waals surface area contributed by atoms with Crippen LogP contribution in [0, 0.1) is 0 Å². The van der Waals surface area contributed by atoms with E-state index in [0.717, 1.165) is 0 Å². The third-order valence-corrected chi connectivity index (χ3v) is 1.72. The Bertz CT molecular complexity index is 475. The quantitative estimate of drug-likeness (QED) is 0.650. The first-order valence-corrected chi connectivity index (χ1v) is 3.64. The minimum Gasteiger partial charge on any atom is -0.492 e. The maximum absolute atomic E-state index is 10.8. The summed E-state index contributed by atoms with van der Waals surface area (Å²) in [6, 6.07) is 3.17. The molecule has 0 aromatic carbocycles. The maximum atomic E-state index is 10.8. The fraction of sp³-hybridized carbons (Fsp3) is 0. The minimum atomic E-state index is -0.505. The first-order valence-electron chi connectivity index (χ1n) is 3.64. The lowest BCUT2D eigenvalue weighted by Gasteiger charge is -1.95. The molecule has 0 aliphatic rings. The monoisotopic (exact) mass is 177 g/mol. The summed E-state index contributed by atoms with van der Waals surface area (Å²) >= 11 is 0. The highest BCUT2D eigenvalue weighted by molar-refractivity contribution is 5.92. The molecular formula is C8H7N3O2. The van der Waals surface area contributed by atoms with Crippen molar-refractivity contribution in [3.8, 4) is 5.88 Å². The molecular weight excluding hydrogens is 170 g/mol. The number of aromatic nitrogens is 2. The highest BCUT2D eigenvalue weighted by atomic mass is 16.3. The van der Waals surface area contributed by atoms with Crippen LogP contribution in [0.1, 0.15) is 10.4 Å². The predicted molar refractivity (Wildman–Crippen MR) is 45.4 cm³/mol. The zero-order valence-electron chi connectivity index (χ0n) is 6.64. The van der Waals surface area contributed by atoms with Gasteiger partial charge in [-0.15, -0.1) is 0 Å². The standard InChI is InChI=1S/C8H7N3O2/c9-8(13)5-1-2-6-10-7(12)4-11(6)3-5/h1-4,12H,(H2,9,13). The van der Waals surface area contributed by atoms with E-state index >= 15 is 0 Å². The molecule has 1 amide bonds. The summed E-state index contributed by atoms with van der Waals surface area (Å²) in [6.45, 7) is 0. The molecule has 0 radical (unpaired) electrons. The number of nitrogens with zero attached hydrogens (tertiary/aromatic N) is 2. The van der Waals surface area contributed by atoms with Crippen molar-refractivity contribution in [2.45, 2.75) is 0 Å². The highest BCUT2D eigenvalue weighted by Gasteiger charge is 2.03. The summed E-state index contributed by atoms with van der Waals surface area (Å²) in [5, 5.41) is 9.04. The van der Waals surface area contributed by atoms with Gasteiger partial charge < -0.3 is 15.2 Å². The normalized spacial score (nSPS) is 10.5. The smallest absolute Gasteiger partial charge is 0.250 e. The Morgan fingerprint density at radius 1 is 1.46 bits per heavy atom. The zero-order valence-corrected chi connectivity index (χ0v) is 6.64. The molecule has 2 rings (SSSR count). The number of rotatable bonds is 1. The fourth-order valence-corrected chi connectivity index (χ4v) is 1.12. The van der Waals surface area contributed by atoms with Crippen LogP contribution >= 0.6 is 0 Å². The molecule has 0 saturated heterocycles. The number of amides is 1. The van der Waals surface area contributed by atoms with Crippen LogP contribution in [0.25, 0.3) is 5.65 Å². The van der Waals surface area contributed by atoms with Crippen LogP contribution in [0.15, 0.2) is 24.5 Å². The topological polar surface area (TPSA) is 80.6 Å². The Kier molecular flexibility index (Phi) is 1.45. The van der Waals surface area contributed by atoms with E-state index in [0.29, 0.717) is 11.2 Å². The maximum Gasteiger partial charge on any atom is 0.250 e. The van der Waals surface area contributed by atoms with E-state index < -0.39 is 5.91 Å². The number of imidazole rings is 1.